The fourth-order valence-corrected chi connectivity index (χ4v) is 1.96. The molecule has 1 N–H and O–H groups in total. The van der Waals surface area contributed by atoms with Crippen molar-refractivity contribution in [1.82, 2.24) is 5.32 Å². The molecule has 2 rings (SSSR count). The number of hydrogen-bond donors (Lipinski definition) is 1. The molecule has 1 heterocycles. The summed E-state index contributed by atoms with van der Waals surface area (Å²) in [6.07, 6.45) is 6.30. The van der Waals surface area contributed by atoms with Crippen LogP contribution in [-0.4, -0.2) is 25.8 Å². The molecule has 0 saturated carbocycles. The van der Waals surface area contributed by atoms with Gasteiger partial charge in [0.1, 0.15) is 0 Å². The SMILES string of the molecule is CC(C)NCCC=Cc1ccc2c(c1)OCCCO2. The minimum absolute atomic E-state index is 0.548. The van der Waals surface area contributed by atoms with Gasteiger partial charge in [-0.3, -0.25) is 0 Å². The lowest BCUT2D eigenvalue weighted by Gasteiger charge is -2.07. The molecule has 1 aromatic carbocycles. The van der Waals surface area contributed by atoms with Gasteiger partial charge in [0.15, 0.2) is 11.5 Å². The second-order valence-corrected chi connectivity index (χ2v) is 5.06. The normalized spacial score (nSPS) is 14.9. The van der Waals surface area contributed by atoms with Crippen molar-refractivity contribution in [3.63, 3.8) is 0 Å². The Hall–Kier alpha value is -1.48. The van der Waals surface area contributed by atoms with E-state index in [2.05, 4.69) is 37.4 Å². The van der Waals surface area contributed by atoms with Gasteiger partial charge in [0.05, 0.1) is 13.2 Å². The molecule has 104 valence electrons. The molecular formula is C16H23NO2. The fourth-order valence-electron chi connectivity index (χ4n) is 1.96. The van der Waals surface area contributed by atoms with Crippen LogP contribution >= 0.6 is 0 Å². The molecule has 1 aliphatic heterocycles. The zero-order valence-electron chi connectivity index (χ0n) is 11.8. The molecule has 0 aliphatic carbocycles. The molecule has 0 atom stereocenters. The highest BCUT2D eigenvalue weighted by Crippen LogP contribution is 2.30. The van der Waals surface area contributed by atoms with Gasteiger partial charge in [-0.1, -0.05) is 32.1 Å². The second-order valence-electron chi connectivity index (χ2n) is 5.06. The number of benzene rings is 1. The molecule has 0 amide bonds. The zero-order valence-corrected chi connectivity index (χ0v) is 11.8. The van der Waals surface area contributed by atoms with Crippen molar-refractivity contribution in [1.29, 1.82) is 0 Å². The van der Waals surface area contributed by atoms with Gasteiger partial charge in [0.25, 0.3) is 0 Å². The quantitative estimate of drug-likeness (QED) is 0.825. The minimum Gasteiger partial charge on any atom is -0.490 e. The fraction of sp³-hybridized carbons (Fsp3) is 0.500. The van der Waals surface area contributed by atoms with E-state index in [4.69, 9.17) is 9.47 Å². The van der Waals surface area contributed by atoms with Crippen molar-refractivity contribution in [3.05, 3.63) is 29.8 Å². The van der Waals surface area contributed by atoms with Crippen LogP contribution in [0.5, 0.6) is 11.5 Å². The largest absolute Gasteiger partial charge is 0.490 e. The van der Waals surface area contributed by atoms with E-state index >= 15 is 0 Å². The van der Waals surface area contributed by atoms with Gasteiger partial charge < -0.3 is 14.8 Å². The molecule has 3 nitrogen and oxygen atoms in total. The summed E-state index contributed by atoms with van der Waals surface area (Å²) in [6, 6.07) is 6.66. The van der Waals surface area contributed by atoms with Gasteiger partial charge in [-0.25, -0.2) is 0 Å². The summed E-state index contributed by atoms with van der Waals surface area (Å²) in [7, 11) is 0. The van der Waals surface area contributed by atoms with Crippen molar-refractivity contribution >= 4 is 6.08 Å². The van der Waals surface area contributed by atoms with E-state index in [0.717, 1.165) is 49.7 Å². The third-order valence-corrected chi connectivity index (χ3v) is 2.95. The standard InChI is InChI=1S/C16H23NO2/c1-13(2)17-9-4-3-6-14-7-8-15-16(12-14)19-11-5-10-18-15/h3,6-8,12-13,17H,4-5,9-11H2,1-2H3. The van der Waals surface area contributed by atoms with Gasteiger partial charge in [0, 0.05) is 12.5 Å². The Kier molecular flexibility index (Phi) is 5.28. The smallest absolute Gasteiger partial charge is 0.161 e. The Labute approximate surface area is 115 Å². The van der Waals surface area contributed by atoms with Crippen molar-refractivity contribution in [3.8, 4) is 11.5 Å². The zero-order chi connectivity index (χ0) is 13.5. The van der Waals surface area contributed by atoms with Crippen LogP contribution in [-0.2, 0) is 0 Å². The molecule has 0 aromatic heterocycles. The van der Waals surface area contributed by atoms with Crippen LogP contribution in [0.4, 0.5) is 0 Å². The van der Waals surface area contributed by atoms with Crippen molar-refractivity contribution < 1.29 is 9.47 Å². The Morgan fingerprint density at radius 1 is 1.21 bits per heavy atom. The monoisotopic (exact) mass is 261 g/mol. The van der Waals surface area contributed by atoms with E-state index in [9.17, 15) is 0 Å². The molecule has 1 aromatic rings. The van der Waals surface area contributed by atoms with E-state index in [-0.39, 0.29) is 0 Å². The van der Waals surface area contributed by atoms with Crippen LogP contribution in [0.1, 0.15) is 32.3 Å². The minimum atomic E-state index is 0.548. The van der Waals surface area contributed by atoms with Crippen LogP contribution in [0.3, 0.4) is 0 Å². The Morgan fingerprint density at radius 2 is 2.00 bits per heavy atom. The van der Waals surface area contributed by atoms with Crippen LogP contribution in [0.25, 0.3) is 6.08 Å². The predicted octanol–water partition coefficient (Wildman–Crippen LogP) is 3.25. The summed E-state index contributed by atoms with van der Waals surface area (Å²) >= 11 is 0. The summed E-state index contributed by atoms with van der Waals surface area (Å²) in [5.74, 6) is 1.72. The van der Waals surface area contributed by atoms with Crippen LogP contribution < -0.4 is 14.8 Å². The number of nitrogens with one attached hydrogen (secondary N) is 1. The molecule has 0 unspecified atom stereocenters. The van der Waals surface area contributed by atoms with Crippen molar-refractivity contribution in [2.45, 2.75) is 32.7 Å². The van der Waals surface area contributed by atoms with E-state index in [1.807, 2.05) is 12.1 Å². The number of ether oxygens (including phenoxy) is 2. The van der Waals surface area contributed by atoms with Gasteiger partial charge >= 0.3 is 0 Å². The number of hydrogen-bond acceptors (Lipinski definition) is 3. The molecular weight excluding hydrogens is 238 g/mol. The van der Waals surface area contributed by atoms with E-state index < -0.39 is 0 Å². The topological polar surface area (TPSA) is 30.5 Å². The van der Waals surface area contributed by atoms with Crippen molar-refractivity contribution in [2.75, 3.05) is 19.8 Å². The molecule has 0 fully saturated rings. The van der Waals surface area contributed by atoms with E-state index in [1.165, 1.54) is 0 Å². The molecule has 0 spiro atoms. The van der Waals surface area contributed by atoms with Crippen molar-refractivity contribution in [2.24, 2.45) is 0 Å². The lowest BCUT2D eigenvalue weighted by molar-refractivity contribution is 0.297. The summed E-state index contributed by atoms with van der Waals surface area (Å²) in [4.78, 5) is 0. The lowest BCUT2D eigenvalue weighted by atomic mass is 10.1. The first-order chi connectivity index (χ1) is 9.25. The van der Waals surface area contributed by atoms with Gasteiger partial charge in [-0.05, 0) is 30.7 Å². The second kappa shape index (κ2) is 7.19. The highest BCUT2D eigenvalue weighted by Gasteiger charge is 2.09. The maximum atomic E-state index is 5.68. The lowest BCUT2D eigenvalue weighted by Crippen LogP contribution is -2.23. The predicted molar refractivity (Wildman–Crippen MR) is 78.8 cm³/mol. The summed E-state index contributed by atoms with van der Waals surface area (Å²) in [5.41, 5.74) is 1.16. The maximum Gasteiger partial charge on any atom is 0.161 e. The molecule has 0 bridgehead atoms. The first-order valence-corrected chi connectivity index (χ1v) is 7.05. The third kappa shape index (κ3) is 4.60. The molecule has 1 aliphatic rings. The Bertz CT molecular complexity index is 427. The summed E-state index contributed by atoms with van der Waals surface area (Å²) < 4.78 is 11.3. The molecule has 0 saturated heterocycles. The molecule has 19 heavy (non-hydrogen) atoms. The van der Waals surface area contributed by atoms with Crippen LogP contribution in [0.15, 0.2) is 24.3 Å². The van der Waals surface area contributed by atoms with Gasteiger partial charge in [0.2, 0.25) is 0 Å². The average Bonchev–Trinajstić information content (AvgIpc) is 2.62. The molecule has 0 radical (unpaired) electrons. The summed E-state index contributed by atoms with van der Waals surface area (Å²) in [6.45, 7) is 6.81. The van der Waals surface area contributed by atoms with Gasteiger partial charge in [-0.15, -0.1) is 0 Å². The first-order valence-electron chi connectivity index (χ1n) is 7.05. The Balaban J connectivity index is 1.90. The number of fused-ring (bicyclic) bond motifs is 1. The molecule has 3 heteroatoms. The van der Waals surface area contributed by atoms with Crippen LogP contribution in [0.2, 0.25) is 0 Å². The average molecular weight is 261 g/mol. The maximum absolute atomic E-state index is 5.68. The van der Waals surface area contributed by atoms with E-state index in [1.54, 1.807) is 0 Å². The first kappa shape index (κ1) is 13.9. The Morgan fingerprint density at radius 3 is 2.79 bits per heavy atom. The van der Waals surface area contributed by atoms with E-state index in [0.29, 0.717) is 6.04 Å². The summed E-state index contributed by atoms with van der Waals surface area (Å²) in [5, 5.41) is 3.39. The number of rotatable bonds is 5. The van der Waals surface area contributed by atoms with Crippen LogP contribution in [0, 0.1) is 0 Å². The highest BCUT2D eigenvalue weighted by atomic mass is 16.5. The van der Waals surface area contributed by atoms with Gasteiger partial charge in [-0.2, -0.15) is 0 Å². The third-order valence-electron chi connectivity index (χ3n) is 2.95. The highest BCUT2D eigenvalue weighted by molar-refractivity contribution is 5.56.